The lowest BCUT2D eigenvalue weighted by Gasteiger charge is -2.18. The highest BCUT2D eigenvalue weighted by Crippen LogP contribution is 2.31. The zero-order chi connectivity index (χ0) is 14.3. The zero-order valence-corrected chi connectivity index (χ0v) is 13.2. The number of imidazole rings is 1. The number of aromatic nitrogens is 2. The molecule has 0 bridgehead atoms. The number of rotatable bonds is 3. The van der Waals surface area contributed by atoms with E-state index in [1.54, 1.807) is 0 Å². The van der Waals surface area contributed by atoms with E-state index in [1.807, 2.05) is 19.1 Å². The van der Waals surface area contributed by atoms with Gasteiger partial charge in [0.1, 0.15) is 11.3 Å². The van der Waals surface area contributed by atoms with Crippen LogP contribution in [0.1, 0.15) is 31.5 Å². The van der Waals surface area contributed by atoms with E-state index in [2.05, 4.69) is 22.5 Å². The maximum absolute atomic E-state index is 6.30. The van der Waals surface area contributed by atoms with Gasteiger partial charge in [-0.05, 0) is 32.4 Å². The Hall–Kier alpha value is -0.770. The molecular formula is C15H18Cl2N2O. The molecule has 3 unspecified atom stereocenters. The normalized spacial score (nSPS) is 24.4. The molecule has 1 aromatic heterocycles. The van der Waals surface area contributed by atoms with Gasteiger partial charge in [-0.15, -0.1) is 11.6 Å². The Balaban J connectivity index is 2.07. The molecule has 3 atom stereocenters. The number of benzene rings is 1. The molecule has 3 nitrogen and oxygen atoms in total. The van der Waals surface area contributed by atoms with Crippen LogP contribution >= 0.6 is 23.2 Å². The first-order chi connectivity index (χ1) is 9.58. The molecule has 3 rings (SSSR count). The largest absolute Gasteiger partial charge is 0.378 e. The van der Waals surface area contributed by atoms with E-state index in [1.165, 1.54) is 0 Å². The van der Waals surface area contributed by atoms with Gasteiger partial charge in [0.05, 0.1) is 22.0 Å². The summed E-state index contributed by atoms with van der Waals surface area (Å²) in [6.45, 7) is 5.80. The maximum Gasteiger partial charge on any atom is 0.127 e. The molecular weight excluding hydrogens is 295 g/mol. The maximum atomic E-state index is 6.30. The number of fused-ring (bicyclic) bond motifs is 1. The standard InChI is InChI=1S/C15H18Cl2N2O/c1-9(16)15-18-14-12(17)4-3-5-13(14)19(15)8-11-6-7-20-10(11)2/h3-5,9-11H,6-8H2,1-2H3. The van der Waals surface area contributed by atoms with Gasteiger partial charge in [0.25, 0.3) is 0 Å². The number of nitrogens with zero attached hydrogens (tertiary/aromatic N) is 2. The van der Waals surface area contributed by atoms with Crippen LogP contribution < -0.4 is 0 Å². The summed E-state index contributed by atoms with van der Waals surface area (Å²) in [5.41, 5.74) is 1.89. The minimum atomic E-state index is -0.143. The summed E-state index contributed by atoms with van der Waals surface area (Å²) in [6, 6.07) is 5.88. The lowest BCUT2D eigenvalue weighted by Crippen LogP contribution is -2.19. The van der Waals surface area contributed by atoms with Crippen LogP contribution in [0.4, 0.5) is 0 Å². The van der Waals surface area contributed by atoms with Gasteiger partial charge in [0, 0.05) is 19.1 Å². The van der Waals surface area contributed by atoms with Crippen molar-refractivity contribution in [2.24, 2.45) is 5.92 Å². The minimum absolute atomic E-state index is 0.143. The van der Waals surface area contributed by atoms with Crippen LogP contribution in [0.5, 0.6) is 0 Å². The van der Waals surface area contributed by atoms with Crippen molar-refractivity contribution in [1.82, 2.24) is 9.55 Å². The molecule has 0 amide bonds. The van der Waals surface area contributed by atoms with Gasteiger partial charge < -0.3 is 9.30 Å². The van der Waals surface area contributed by atoms with Crippen LogP contribution in [0.2, 0.25) is 5.02 Å². The average molecular weight is 313 g/mol. The fraction of sp³-hybridized carbons (Fsp3) is 0.533. The number of para-hydroxylation sites is 1. The third-order valence-corrected chi connectivity index (χ3v) is 4.57. The molecule has 1 aliphatic rings. The van der Waals surface area contributed by atoms with E-state index < -0.39 is 0 Å². The Morgan fingerprint density at radius 3 is 2.95 bits per heavy atom. The fourth-order valence-corrected chi connectivity index (χ4v) is 3.26. The molecule has 1 fully saturated rings. The highest BCUT2D eigenvalue weighted by molar-refractivity contribution is 6.35. The van der Waals surface area contributed by atoms with Crippen LogP contribution in [-0.4, -0.2) is 22.3 Å². The zero-order valence-electron chi connectivity index (χ0n) is 11.6. The fourth-order valence-electron chi connectivity index (χ4n) is 2.88. The van der Waals surface area contributed by atoms with Crippen LogP contribution in [0.3, 0.4) is 0 Å². The molecule has 0 spiro atoms. The highest BCUT2D eigenvalue weighted by atomic mass is 35.5. The lowest BCUT2D eigenvalue weighted by atomic mass is 10.0. The first kappa shape index (κ1) is 14.2. The van der Waals surface area contributed by atoms with E-state index in [0.717, 1.165) is 36.4 Å². The van der Waals surface area contributed by atoms with E-state index in [9.17, 15) is 0 Å². The predicted octanol–water partition coefficient (Wildman–Crippen LogP) is 4.41. The summed E-state index contributed by atoms with van der Waals surface area (Å²) in [5.74, 6) is 1.38. The smallest absolute Gasteiger partial charge is 0.127 e. The lowest BCUT2D eigenvalue weighted by molar-refractivity contribution is 0.102. The Kier molecular flexibility index (Phi) is 3.93. The van der Waals surface area contributed by atoms with Gasteiger partial charge in [-0.1, -0.05) is 17.7 Å². The second kappa shape index (κ2) is 5.55. The Labute approximate surface area is 128 Å². The van der Waals surface area contributed by atoms with Gasteiger partial charge in [-0.3, -0.25) is 0 Å². The van der Waals surface area contributed by atoms with Crippen LogP contribution in [0.25, 0.3) is 11.0 Å². The summed E-state index contributed by atoms with van der Waals surface area (Å²) in [6.07, 6.45) is 1.36. The SMILES string of the molecule is CC(Cl)c1nc2c(Cl)cccc2n1CC1CCOC1C. The van der Waals surface area contributed by atoms with Crippen LogP contribution in [-0.2, 0) is 11.3 Å². The summed E-state index contributed by atoms with van der Waals surface area (Å²) < 4.78 is 7.86. The molecule has 20 heavy (non-hydrogen) atoms. The van der Waals surface area contributed by atoms with Crippen LogP contribution in [0.15, 0.2) is 18.2 Å². The predicted molar refractivity (Wildman–Crippen MR) is 82.5 cm³/mol. The molecule has 1 aliphatic heterocycles. The number of hydrogen-bond acceptors (Lipinski definition) is 2. The molecule has 5 heteroatoms. The number of alkyl halides is 1. The van der Waals surface area contributed by atoms with E-state index >= 15 is 0 Å². The molecule has 1 saturated heterocycles. The van der Waals surface area contributed by atoms with Crippen molar-refractivity contribution in [3.63, 3.8) is 0 Å². The summed E-state index contributed by atoms with van der Waals surface area (Å²) in [5, 5.41) is 0.534. The molecule has 0 N–H and O–H groups in total. The quantitative estimate of drug-likeness (QED) is 0.785. The summed E-state index contributed by atoms with van der Waals surface area (Å²) in [7, 11) is 0. The Morgan fingerprint density at radius 2 is 2.30 bits per heavy atom. The van der Waals surface area contributed by atoms with E-state index in [4.69, 9.17) is 27.9 Å². The van der Waals surface area contributed by atoms with Crippen molar-refractivity contribution in [3.05, 3.63) is 29.0 Å². The molecule has 2 aromatic rings. The van der Waals surface area contributed by atoms with Gasteiger partial charge >= 0.3 is 0 Å². The first-order valence-electron chi connectivity index (χ1n) is 6.98. The van der Waals surface area contributed by atoms with Gasteiger partial charge in [-0.25, -0.2) is 4.98 Å². The third-order valence-electron chi connectivity index (χ3n) is 4.07. The highest BCUT2D eigenvalue weighted by Gasteiger charge is 2.27. The second-order valence-corrected chi connectivity index (χ2v) is 6.49. The topological polar surface area (TPSA) is 27.1 Å². The summed E-state index contributed by atoms with van der Waals surface area (Å²) >= 11 is 12.5. The molecule has 108 valence electrons. The Morgan fingerprint density at radius 1 is 1.50 bits per heavy atom. The van der Waals surface area contributed by atoms with E-state index in [0.29, 0.717) is 10.9 Å². The van der Waals surface area contributed by atoms with E-state index in [-0.39, 0.29) is 11.5 Å². The van der Waals surface area contributed by atoms with Crippen LogP contribution in [0, 0.1) is 5.92 Å². The Bertz CT molecular complexity index is 624. The average Bonchev–Trinajstić information content (AvgIpc) is 2.96. The summed E-state index contributed by atoms with van der Waals surface area (Å²) in [4.78, 5) is 4.64. The first-order valence-corrected chi connectivity index (χ1v) is 7.79. The molecule has 0 aliphatic carbocycles. The van der Waals surface area contributed by atoms with Gasteiger partial charge in [-0.2, -0.15) is 0 Å². The van der Waals surface area contributed by atoms with Gasteiger partial charge in [0.2, 0.25) is 0 Å². The number of halogens is 2. The second-order valence-electron chi connectivity index (χ2n) is 5.43. The molecule has 1 aromatic carbocycles. The number of ether oxygens (including phenoxy) is 1. The van der Waals surface area contributed by atoms with Crippen molar-refractivity contribution >= 4 is 34.2 Å². The monoisotopic (exact) mass is 312 g/mol. The molecule has 0 radical (unpaired) electrons. The van der Waals surface area contributed by atoms with Crippen molar-refractivity contribution in [3.8, 4) is 0 Å². The third kappa shape index (κ3) is 2.43. The minimum Gasteiger partial charge on any atom is -0.378 e. The number of hydrogen-bond donors (Lipinski definition) is 0. The van der Waals surface area contributed by atoms with Gasteiger partial charge in [0.15, 0.2) is 0 Å². The van der Waals surface area contributed by atoms with Crippen molar-refractivity contribution in [2.45, 2.75) is 38.3 Å². The van der Waals surface area contributed by atoms with Crippen molar-refractivity contribution in [2.75, 3.05) is 6.61 Å². The van der Waals surface area contributed by atoms with Crippen molar-refractivity contribution < 1.29 is 4.74 Å². The molecule has 0 saturated carbocycles. The molecule has 2 heterocycles. The van der Waals surface area contributed by atoms with Crippen molar-refractivity contribution in [1.29, 1.82) is 0 Å².